The predicted molar refractivity (Wildman–Crippen MR) is 90.9 cm³/mol. The van der Waals surface area contributed by atoms with E-state index in [-0.39, 0.29) is 17.9 Å². The van der Waals surface area contributed by atoms with Gasteiger partial charge in [0, 0.05) is 42.8 Å². The first-order valence-corrected chi connectivity index (χ1v) is 8.56. The summed E-state index contributed by atoms with van der Waals surface area (Å²) < 4.78 is 13.0. The molecule has 0 spiro atoms. The van der Waals surface area contributed by atoms with Gasteiger partial charge in [-0.2, -0.15) is 0 Å². The molecule has 1 aromatic carbocycles. The maximum Gasteiger partial charge on any atom is 0.123 e. The zero-order valence-corrected chi connectivity index (χ0v) is 13.6. The van der Waals surface area contributed by atoms with Crippen molar-refractivity contribution in [2.24, 2.45) is 5.73 Å². The molecule has 5 heteroatoms. The molecule has 0 aliphatic carbocycles. The minimum atomic E-state index is -0.183. The molecule has 0 radical (unpaired) electrons. The second-order valence-electron chi connectivity index (χ2n) is 5.82. The first kappa shape index (κ1) is 15.5. The third-order valence-corrected chi connectivity index (χ3v) is 5.18. The van der Waals surface area contributed by atoms with Crippen LogP contribution in [0.2, 0.25) is 0 Å². The molecule has 3 rings (SSSR count). The largest absolute Gasteiger partial charge is 0.369 e. The molecule has 2 aromatic rings. The number of anilines is 1. The molecule has 0 amide bonds. The summed E-state index contributed by atoms with van der Waals surface area (Å²) in [6.07, 6.45) is 0. The third-order valence-electron chi connectivity index (χ3n) is 4.23. The van der Waals surface area contributed by atoms with Crippen molar-refractivity contribution in [1.29, 1.82) is 0 Å². The van der Waals surface area contributed by atoms with E-state index in [1.807, 2.05) is 12.1 Å². The van der Waals surface area contributed by atoms with Crippen molar-refractivity contribution >= 4 is 17.0 Å². The Kier molecular flexibility index (Phi) is 4.76. The van der Waals surface area contributed by atoms with E-state index in [1.54, 1.807) is 11.3 Å². The van der Waals surface area contributed by atoms with Crippen LogP contribution in [0.4, 0.5) is 10.1 Å². The number of hydrogen-bond donors (Lipinski definition) is 1. The average molecular weight is 319 g/mol. The Balaban J connectivity index is 1.66. The van der Waals surface area contributed by atoms with Crippen LogP contribution in [0.1, 0.15) is 17.8 Å². The number of nitrogens with two attached hydrogens (primary N) is 1. The molecule has 1 fully saturated rings. The standard InChI is InChI=1S/C17H22FN3S/c1-13(19)17(16-3-2-12-22-16)21-10-8-20(9-11-21)15-6-4-14(18)5-7-15/h2-7,12-13,17H,8-11,19H2,1H3/t13-,17-/m0/s1. The molecular weight excluding hydrogens is 297 g/mol. The Bertz CT molecular complexity index is 574. The van der Waals surface area contributed by atoms with E-state index in [1.165, 1.54) is 17.0 Å². The van der Waals surface area contributed by atoms with E-state index < -0.39 is 0 Å². The van der Waals surface area contributed by atoms with E-state index in [9.17, 15) is 4.39 Å². The van der Waals surface area contributed by atoms with Crippen LogP contribution in [0.3, 0.4) is 0 Å². The van der Waals surface area contributed by atoms with Crippen LogP contribution in [0.5, 0.6) is 0 Å². The lowest BCUT2D eigenvalue weighted by Gasteiger charge is -2.41. The number of hydrogen-bond acceptors (Lipinski definition) is 4. The minimum Gasteiger partial charge on any atom is -0.369 e. The van der Waals surface area contributed by atoms with E-state index >= 15 is 0 Å². The van der Waals surface area contributed by atoms with Gasteiger partial charge in [0.15, 0.2) is 0 Å². The van der Waals surface area contributed by atoms with E-state index in [2.05, 4.69) is 34.2 Å². The molecule has 22 heavy (non-hydrogen) atoms. The highest BCUT2D eigenvalue weighted by molar-refractivity contribution is 7.10. The molecule has 1 aliphatic heterocycles. The lowest BCUT2D eigenvalue weighted by Crippen LogP contribution is -2.50. The SMILES string of the molecule is C[C@H](N)[C@@H](c1cccs1)N1CCN(c2ccc(F)cc2)CC1. The molecule has 1 aromatic heterocycles. The summed E-state index contributed by atoms with van der Waals surface area (Å²) in [5.74, 6) is -0.183. The first-order valence-electron chi connectivity index (χ1n) is 7.68. The molecule has 0 bridgehead atoms. The molecule has 3 nitrogen and oxygen atoms in total. The van der Waals surface area contributed by atoms with Crippen molar-refractivity contribution < 1.29 is 4.39 Å². The topological polar surface area (TPSA) is 32.5 Å². The number of thiophene rings is 1. The van der Waals surface area contributed by atoms with Crippen molar-refractivity contribution in [1.82, 2.24) is 4.90 Å². The first-order chi connectivity index (χ1) is 10.6. The lowest BCUT2D eigenvalue weighted by molar-refractivity contribution is 0.169. The molecule has 2 N–H and O–H groups in total. The Morgan fingerprint density at radius 3 is 2.32 bits per heavy atom. The maximum absolute atomic E-state index is 13.0. The monoisotopic (exact) mass is 319 g/mol. The van der Waals surface area contributed by atoms with Crippen LogP contribution in [0.25, 0.3) is 0 Å². The molecule has 2 atom stereocenters. The van der Waals surface area contributed by atoms with Gasteiger partial charge in [-0.3, -0.25) is 4.90 Å². The quantitative estimate of drug-likeness (QED) is 0.940. The zero-order valence-electron chi connectivity index (χ0n) is 12.8. The van der Waals surface area contributed by atoms with Crippen LogP contribution in [-0.2, 0) is 0 Å². The molecule has 118 valence electrons. The summed E-state index contributed by atoms with van der Waals surface area (Å²) >= 11 is 1.77. The van der Waals surface area contributed by atoms with Crippen LogP contribution >= 0.6 is 11.3 Å². The van der Waals surface area contributed by atoms with Gasteiger partial charge in [-0.1, -0.05) is 6.07 Å². The van der Waals surface area contributed by atoms with Gasteiger partial charge in [-0.25, -0.2) is 4.39 Å². The van der Waals surface area contributed by atoms with Crippen molar-refractivity contribution in [3.8, 4) is 0 Å². The molecule has 2 heterocycles. The molecule has 0 saturated carbocycles. The van der Waals surface area contributed by atoms with Gasteiger partial charge < -0.3 is 10.6 Å². The summed E-state index contributed by atoms with van der Waals surface area (Å²) in [7, 11) is 0. The Hall–Kier alpha value is -1.43. The normalized spacial score (nSPS) is 19.1. The van der Waals surface area contributed by atoms with E-state index in [0.717, 1.165) is 31.9 Å². The average Bonchev–Trinajstić information content (AvgIpc) is 3.03. The van der Waals surface area contributed by atoms with Gasteiger partial charge in [0.2, 0.25) is 0 Å². The second-order valence-corrected chi connectivity index (χ2v) is 6.80. The third kappa shape index (κ3) is 3.32. The zero-order chi connectivity index (χ0) is 15.5. The summed E-state index contributed by atoms with van der Waals surface area (Å²) in [4.78, 5) is 6.12. The summed E-state index contributed by atoms with van der Waals surface area (Å²) in [6, 6.07) is 11.4. The van der Waals surface area contributed by atoms with Crippen LogP contribution in [0, 0.1) is 5.82 Å². The summed E-state index contributed by atoms with van der Waals surface area (Å²) in [5, 5.41) is 2.11. The van der Waals surface area contributed by atoms with Gasteiger partial charge in [0.25, 0.3) is 0 Å². The van der Waals surface area contributed by atoms with E-state index in [0.29, 0.717) is 0 Å². The van der Waals surface area contributed by atoms with Crippen molar-refractivity contribution in [2.75, 3.05) is 31.1 Å². The van der Waals surface area contributed by atoms with E-state index in [4.69, 9.17) is 5.73 Å². The number of halogens is 1. The van der Waals surface area contributed by atoms with Crippen molar-refractivity contribution in [3.05, 3.63) is 52.5 Å². The predicted octanol–water partition coefficient (Wildman–Crippen LogP) is 3.10. The molecular formula is C17H22FN3S. The molecule has 0 unspecified atom stereocenters. The van der Waals surface area contributed by atoms with Crippen molar-refractivity contribution in [2.45, 2.75) is 19.0 Å². The smallest absolute Gasteiger partial charge is 0.123 e. The summed E-state index contributed by atoms with van der Waals surface area (Å²) in [6.45, 7) is 5.92. The number of benzene rings is 1. The Morgan fingerprint density at radius 2 is 1.77 bits per heavy atom. The van der Waals surface area contributed by atoms with Crippen molar-refractivity contribution in [3.63, 3.8) is 0 Å². The fraction of sp³-hybridized carbons (Fsp3) is 0.412. The Labute approximate surface area is 135 Å². The van der Waals surface area contributed by atoms with Crippen LogP contribution in [0.15, 0.2) is 41.8 Å². The van der Waals surface area contributed by atoms with Gasteiger partial charge in [0.1, 0.15) is 5.82 Å². The van der Waals surface area contributed by atoms with Gasteiger partial charge in [-0.15, -0.1) is 11.3 Å². The maximum atomic E-state index is 13.0. The molecule has 1 saturated heterocycles. The fourth-order valence-electron chi connectivity index (χ4n) is 3.14. The lowest BCUT2D eigenvalue weighted by atomic mass is 10.1. The highest BCUT2D eigenvalue weighted by Crippen LogP contribution is 2.29. The number of rotatable bonds is 4. The number of nitrogens with zero attached hydrogens (tertiary/aromatic N) is 2. The Morgan fingerprint density at radius 1 is 1.09 bits per heavy atom. The van der Waals surface area contributed by atoms with Crippen LogP contribution in [-0.4, -0.2) is 37.1 Å². The van der Waals surface area contributed by atoms with Gasteiger partial charge in [-0.05, 0) is 42.6 Å². The fourth-order valence-corrected chi connectivity index (χ4v) is 4.12. The van der Waals surface area contributed by atoms with Crippen LogP contribution < -0.4 is 10.6 Å². The summed E-state index contributed by atoms with van der Waals surface area (Å²) in [5.41, 5.74) is 7.32. The van der Waals surface area contributed by atoms with Gasteiger partial charge >= 0.3 is 0 Å². The highest BCUT2D eigenvalue weighted by Gasteiger charge is 2.28. The number of piperazine rings is 1. The highest BCUT2D eigenvalue weighted by atomic mass is 32.1. The van der Waals surface area contributed by atoms with Gasteiger partial charge in [0.05, 0.1) is 6.04 Å². The molecule has 1 aliphatic rings. The minimum absolute atomic E-state index is 0.107. The second kappa shape index (κ2) is 6.77.